The number of ether oxygens (including phenoxy) is 2. The average Bonchev–Trinajstić information content (AvgIpc) is 3.27. The first kappa shape index (κ1) is 25.0. The molecule has 0 aliphatic carbocycles. The number of nitro benzene ring substituents is 1. The van der Waals surface area contributed by atoms with Crippen LogP contribution in [-0.2, 0) is 6.73 Å². The maximum Gasteiger partial charge on any atom is 0.276 e. The highest BCUT2D eigenvalue weighted by Crippen LogP contribution is 2.31. The minimum atomic E-state index is -0.559. The Morgan fingerprint density at radius 1 is 1.03 bits per heavy atom. The minimum absolute atomic E-state index is 0.000656. The predicted molar refractivity (Wildman–Crippen MR) is 136 cm³/mol. The van der Waals surface area contributed by atoms with Crippen LogP contribution in [0.15, 0.2) is 66.9 Å². The fourth-order valence-corrected chi connectivity index (χ4v) is 3.89. The summed E-state index contributed by atoms with van der Waals surface area (Å²) in [5.74, 6) is 0.597. The quantitative estimate of drug-likeness (QED) is 0.200. The van der Waals surface area contributed by atoms with Gasteiger partial charge < -0.3 is 14.8 Å². The number of nitrogens with zero attached hydrogens (tertiary/aromatic N) is 3. The fourth-order valence-electron chi connectivity index (χ4n) is 3.43. The van der Waals surface area contributed by atoms with Crippen LogP contribution < -0.4 is 14.8 Å². The number of anilines is 1. The van der Waals surface area contributed by atoms with Crippen LogP contribution in [0.2, 0.25) is 10.0 Å². The largest absolute Gasteiger partial charge is 0.470 e. The lowest BCUT2D eigenvalue weighted by Crippen LogP contribution is -2.14. The number of aromatic nitrogens is 2. The van der Waals surface area contributed by atoms with Gasteiger partial charge in [-0.3, -0.25) is 14.9 Å². The molecule has 0 atom stereocenters. The molecule has 1 amide bonds. The number of hydrogen-bond donors (Lipinski definition) is 1. The van der Waals surface area contributed by atoms with Gasteiger partial charge in [0, 0.05) is 23.4 Å². The molecule has 1 N–H and O–H groups in total. The molecule has 0 unspecified atom stereocenters. The Morgan fingerprint density at radius 3 is 2.44 bits per heavy atom. The minimum Gasteiger partial charge on any atom is -0.470 e. The number of nitrogens with one attached hydrogen (secondary N) is 1. The highest BCUT2D eigenvalue weighted by atomic mass is 35.5. The number of rotatable bonds is 8. The van der Waals surface area contributed by atoms with Crippen molar-refractivity contribution in [2.24, 2.45) is 0 Å². The number of nitro groups is 1. The molecule has 4 rings (SSSR count). The van der Waals surface area contributed by atoms with Crippen LogP contribution in [0.1, 0.15) is 21.6 Å². The SMILES string of the molecule is Cc1cc(C)cc(Oc2cc(NC(=O)c3ccn(COc4ccc(Cl)cc4Cl)n3)cc([N+](=O)[O-])c2)c1. The molecule has 0 radical (unpaired) electrons. The van der Waals surface area contributed by atoms with Crippen LogP contribution in [0.3, 0.4) is 0 Å². The Labute approximate surface area is 216 Å². The summed E-state index contributed by atoms with van der Waals surface area (Å²) in [6, 6.07) is 16.0. The molecule has 0 aliphatic rings. The van der Waals surface area contributed by atoms with Crippen LogP contribution in [0.5, 0.6) is 17.2 Å². The van der Waals surface area contributed by atoms with E-state index in [9.17, 15) is 14.9 Å². The van der Waals surface area contributed by atoms with Gasteiger partial charge in [-0.15, -0.1) is 0 Å². The number of hydrogen-bond acceptors (Lipinski definition) is 6. The molecule has 36 heavy (non-hydrogen) atoms. The van der Waals surface area contributed by atoms with E-state index in [1.54, 1.807) is 24.4 Å². The number of aryl methyl sites for hydroxylation is 2. The summed E-state index contributed by atoms with van der Waals surface area (Å²) in [5.41, 5.74) is 2.02. The maximum atomic E-state index is 12.8. The van der Waals surface area contributed by atoms with Gasteiger partial charge in [0.05, 0.1) is 21.7 Å². The second-order valence-corrected chi connectivity index (χ2v) is 8.78. The zero-order chi connectivity index (χ0) is 25.8. The van der Waals surface area contributed by atoms with E-state index in [-0.39, 0.29) is 29.5 Å². The predicted octanol–water partition coefficient (Wildman–Crippen LogP) is 6.80. The van der Waals surface area contributed by atoms with Gasteiger partial charge in [-0.1, -0.05) is 29.3 Å². The summed E-state index contributed by atoms with van der Waals surface area (Å²) in [6.07, 6.45) is 1.56. The Hall–Kier alpha value is -4.08. The van der Waals surface area contributed by atoms with E-state index >= 15 is 0 Å². The van der Waals surface area contributed by atoms with Gasteiger partial charge in [0.25, 0.3) is 11.6 Å². The van der Waals surface area contributed by atoms with Crippen LogP contribution in [0.4, 0.5) is 11.4 Å². The molecule has 0 spiro atoms. The summed E-state index contributed by atoms with van der Waals surface area (Å²) in [7, 11) is 0. The summed E-state index contributed by atoms with van der Waals surface area (Å²) in [4.78, 5) is 23.6. The number of carbonyl (C=O) groups excluding carboxylic acids is 1. The van der Waals surface area contributed by atoms with Crippen molar-refractivity contribution < 1.29 is 19.2 Å². The van der Waals surface area contributed by atoms with Crippen LogP contribution >= 0.6 is 23.2 Å². The molecule has 1 aromatic heterocycles. The zero-order valence-corrected chi connectivity index (χ0v) is 20.7. The molecule has 0 saturated heterocycles. The highest BCUT2D eigenvalue weighted by Gasteiger charge is 2.16. The maximum absolute atomic E-state index is 12.8. The van der Waals surface area contributed by atoms with Crippen LogP contribution in [-0.4, -0.2) is 20.6 Å². The van der Waals surface area contributed by atoms with Crippen molar-refractivity contribution in [2.45, 2.75) is 20.6 Å². The molecule has 0 fully saturated rings. The topological polar surface area (TPSA) is 109 Å². The van der Waals surface area contributed by atoms with Gasteiger partial charge in [0.1, 0.15) is 17.2 Å². The molecule has 184 valence electrons. The third-order valence-corrected chi connectivity index (χ3v) is 5.44. The van der Waals surface area contributed by atoms with E-state index in [1.807, 2.05) is 32.0 Å². The van der Waals surface area contributed by atoms with Crippen molar-refractivity contribution in [3.05, 3.63) is 104 Å². The smallest absolute Gasteiger partial charge is 0.276 e. The fraction of sp³-hybridized carbons (Fsp3) is 0.120. The summed E-state index contributed by atoms with van der Waals surface area (Å²) >= 11 is 12.0. The normalized spacial score (nSPS) is 10.7. The first-order valence-electron chi connectivity index (χ1n) is 10.6. The molecule has 9 nitrogen and oxygen atoms in total. The Balaban J connectivity index is 1.48. The summed E-state index contributed by atoms with van der Waals surface area (Å²) < 4.78 is 12.9. The molecule has 1 heterocycles. The van der Waals surface area contributed by atoms with Gasteiger partial charge in [-0.2, -0.15) is 5.10 Å². The first-order valence-corrected chi connectivity index (χ1v) is 11.4. The van der Waals surface area contributed by atoms with E-state index < -0.39 is 10.8 Å². The number of carbonyl (C=O) groups is 1. The first-order chi connectivity index (χ1) is 17.2. The number of non-ortho nitro benzene ring substituents is 1. The van der Waals surface area contributed by atoms with Gasteiger partial charge >= 0.3 is 0 Å². The third-order valence-electron chi connectivity index (χ3n) is 4.91. The van der Waals surface area contributed by atoms with E-state index in [0.29, 0.717) is 21.5 Å². The number of amides is 1. The van der Waals surface area contributed by atoms with Crippen molar-refractivity contribution in [2.75, 3.05) is 5.32 Å². The van der Waals surface area contributed by atoms with E-state index in [0.717, 1.165) is 11.1 Å². The lowest BCUT2D eigenvalue weighted by atomic mass is 10.1. The second kappa shape index (κ2) is 10.7. The molecule has 0 aliphatic heterocycles. The number of benzene rings is 3. The highest BCUT2D eigenvalue weighted by molar-refractivity contribution is 6.35. The molecule has 4 aromatic rings. The third kappa shape index (κ3) is 6.32. The summed E-state index contributed by atoms with van der Waals surface area (Å²) in [6.45, 7) is 3.85. The van der Waals surface area contributed by atoms with Gasteiger partial charge in [-0.25, -0.2) is 4.68 Å². The van der Waals surface area contributed by atoms with Gasteiger partial charge in [0.15, 0.2) is 12.4 Å². The zero-order valence-electron chi connectivity index (χ0n) is 19.2. The van der Waals surface area contributed by atoms with Crippen molar-refractivity contribution in [3.8, 4) is 17.2 Å². The van der Waals surface area contributed by atoms with Gasteiger partial charge in [0.2, 0.25) is 0 Å². The monoisotopic (exact) mass is 526 g/mol. The second-order valence-electron chi connectivity index (χ2n) is 7.94. The molecular weight excluding hydrogens is 507 g/mol. The lowest BCUT2D eigenvalue weighted by Gasteiger charge is -2.10. The lowest BCUT2D eigenvalue weighted by molar-refractivity contribution is -0.384. The average molecular weight is 527 g/mol. The van der Waals surface area contributed by atoms with Crippen LogP contribution in [0.25, 0.3) is 0 Å². The van der Waals surface area contributed by atoms with Crippen LogP contribution in [0, 0.1) is 24.0 Å². The molecule has 11 heteroatoms. The standard InChI is InChI=1S/C25H20Cl2N4O5/c1-15-7-16(2)9-20(8-15)36-21-12-18(11-19(13-21)31(33)34)28-25(32)23-5-6-30(29-23)14-35-24-4-3-17(26)10-22(24)27/h3-13H,14H2,1-2H3,(H,28,32). The van der Waals surface area contributed by atoms with E-state index in [4.69, 9.17) is 32.7 Å². The molecule has 3 aromatic carbocycles. The number of halogens is 2. The van der Waals surface area contributed by atoms with Crippen molar-refractivity contribution >= 4 is 40.5 Å². The Morgan fingerprint density at radius 2 is 1.75 bits per heavy atom. The summed E-state index contributed by atoms with van der Waals surface area (Å²) in [5, 5.41) is 19.1. The van der Waals surface area contributed by atoms with Crippen molar-refractivity contribution in [1.29, 1.82) is 0 Å². The molecule has 0 bridgehead atoms. The van der Waals surface area contributed by atoms with E-state index in [1.165, 1.54) is 28.9 Å². The van der Waals surface area contributed by atoms with Crippen molar-refractivity contribution in [1.82, 2.24) is 9.78 Å². The Kier molecular flexibility index (Phi) is 7.42. The van der Waals surface area contributed by atoms with Crippen molar-refractivity contribution in [3.63, 3.8) is 0 Å². The van der Waals surface area contributed by atoms with Gasteiger partial charge in [-0.05, 0) is 61.4 Å². The Bertz CT molecular complexity index is 1430. The molecular formula is C25H20Cl2N4O5. The van der Waals surface area contributed by atoms with E-state index in [2.05, 4.69) is 10.4 Å². The molecule has 0 saturated carbocycles.